The molecule has 1 aliphatic heterocycles. The van der Waals surface area contributed by atoms with E-state index in [0.717, 1.165) is 25.2 Å². The zero-order chi connectivity index (χ0) is 17.8. The van der Waals surface area contributed by atoms with Crippen LogP contribution in [0.15, 0.2) is 48.5 Å². The smallest absolute Gasteiger partial charge is 0.251 e. The standard InChI is InChI=1S/C21H26N2O2/c1-4-23-13-19(20(14-23)25-3)22-21(24)17-11-9-16(10-12-17)18-8-6-5-7-15(18)2/h5-12,19-20H,4,13-14H2,1-3H3,(H,22,24)/t19-,20-/m0/s1. The molecule has 0 saturated carbocycles. The predicted octanol–water partition coefficient (Wildman–Crippen LogP) is 3.11. The van der Waals surface area contributed by atoms with E-state index in [2.05, 4.69) is 36.2 Å². The Labute approximate surface area is 149 Å². The number of hydrogen-bond donors (Lipinski definition) is 1. The zero-order valence-electron chi connectivity index (χ0n) is 15.2. The molecule has 1 amide bonds. The van der Waals surface area contributed by atoms with Crippen molar-refractivity contribution in [3.8, 4) is 11.1 Å². The summed E-state index contributed by atoms with van der Waals surface area (Å²) in [5.74, 6) is -0.0404. The summed E-state index contributed by atoms with van der Waals surface area (Å²) >= 11 is 0. The van der Waals surface area contributed by atoms with Gasteiger partial charge in [0, 0.05) is 25.8 Å². The first-order chi connectivity index (χ1) is 12.1. The number of methoxy groups -OCH3 is 1. The molecule has 2 atom stereocenters. The molecule has 4 nitrogen and oxygen atoms in total. The molecule has 4 heteroatoms. The van der Waals surface area contributed by atoms with Crippen LogP contribution in [0.25, 0.3) is 11.1 Å². The summed E-state index contributed by atoms with van der Waals surface area (Å²) in [5, 5.41) is 3.13. The lowest BCUT2D eigenvalue weighted by molar-refractivity contribution is 0.0762. The number of likely N-dealkylation sites (N-methyl/N-ethyl adjacent to an activating group) is 1. The van der Waals surface area contributed by atoms with Crippen LogP contribution in [-0.2, 0) is 4.74 Å². The van der Waals surface area contributed by atoms with Crippen LogP contribution in [0.2, 0.25) is 0 Å². The molecule has 132 valence electrons. The summed E-state index contributed by atoms with van der Waals surface area (Å²) in [5.41, 5.74) is 4.24. The Morgan fingerprint density at radius 3 is 2.52 bits per heavy atom. The highest BCUT2D eigenvalue weighted by Gasteiger charge is 2.33. The molecule has 2 aromatic carbocycles. The first kappa shape index (κ1) is 17.6. The van der Waals surface area contributed by atoms with Crippen LogP contribution in [0, 0.1) is 6.92 Å². The van der Waals surface area contributed by atoms with Gasteiger partial charge >= 0.3 is 0 Å². The Hall–Kier alpha value is -2.17. The SMILES string of the molecule is CCN1C[C@H](NC(=O)c2ccc(-c3ccccc3C)cc2)[C@@H](OC)C1. The van der Waals surface area contributed by atoms with Crippen molar-refractivity contribution < 1.29 is 9.53 Å². The minimum absolute atomic E-state index is 0.0356. The van der Waals surface area contributed by atoms with Crippen molar-refractivity contribution in [3.63, 3.8) is 0 Å². The van der Waals surface area contributed by atoms with E-state index in [9.17, 15) is 4.79 Å². The van der Waals surface area contributed by atoms with Crippen molar-refractivity contribution in [2.24, 2.45) is 0 Å². The van der Waals surface area contributed by atoms with Crippen LogP contribution in [0.1, 0.15) is 22.8 Å². The van der Waals surface area contributed by atoms with Crippen LogP contribution < -0.4 is 5.32 Å². The van der Waals surface area contributed by atoms with Gasteiger partial charge in [-0.25, -0.2) is 0 Å². The summed E-state index contributed by atoms with van der Waals surface area (Å²) in [7, 11) is 1.71. The van der Waals surface area contributed by atoms with Gasteiger partial charge in [0.15, 0.2) is 0 Å². The highest BCUT2D eigenvalue weighted by molar-refractivity contribution is 5.95. The van der Waals surface area contributed by atoms with Gasteiger partial charge in [0.1, 0.15) is 0 Å². The number of hydrogen-bond acceptors (Lipinski definition) is 3. The topological polar surface area (TPSA) is 41.6 Å². The van der Waals surface area contributed by atoms with Gasteiger partial charge in [-0.05, 0) is 42.3 Å². The Bertz CT molecular complexity index is 727. The van der Waals surface area contributed by atoms with Gasteiger partial charge in [-0.3, -0.25) is 9.69 Å². The first-order valence-electron chi connectivity index (χ1n) is 8.84. The fourth-order valence-electron chi connectivity index (χ4n) is 3.44. The highest BCUT2D eigenvalue weighted by atomic mass is 16.5. The Morgan fingerprint density at radius 2 is 1.88 bits per heavy atom. The molecule has 0 spiro atoms. The quantitative estimate of drug-likeness (QED) is 0.911. The van der Waals surface area contributed by atoms with Crippen molar-refractivity contribution in [2.75, 3.05) is 26.7 Å². The van der Waals surface area contributed by atoms with Crippen LogP contribution in [0.4, 0.5) is 0 Å². The van der Waals surface area contributed by atoms with Crippen molar-refractivity contribution in [3.05, 3.63) is 59.7 Å². The van der Waals surface area contributed by atoms with Gasteiger partial charge in [0.05, 0.1) is 12.1 Å². The molecule has 0 bridgehead atoms. The van der Waals surface area contributed by atoms with Crippen molar-refractivity contribution >= 4 is 5.91 Å². The summed E-state index contributed by atoms with van der Waals surface area (Å²) in [6.07, 6.45) is 0.0511. The molecule has 25 heavy (non-hydrogen) atoms. The Morgan fingerprint density at radius 1 is 1.16 bits per heavy atom. The Kier molecular flexibility index (Phi) is 5.51. The molecular formula is C21H26N2O2. The molecular weight excluding hydrogens is 312 g/mol. The number of ether oxygens (including phenoxy) is 1. The molecule has 1 aliphatic rings. The van der Waals surface area contributed by atoms with Gasteiger partial charge in [0.25, 0.3) is 5.91 Å². The number of carbonyl (C=O) groups excluding carboxylic acids is 1. The molecule has 0 aliphatic carbocycles. The van der Waals surface area contributed by atoms with Crippen molar-refractivity contribution in [1.29, 1.82) is 0 Å². The van der Waals surface area contributed by atoms with Gasteiger partial charge in [-0.2, -0.15) is 0 Å². The van der Waals surface area contributed by atoms with Crippen molar-refractivity contribution in [2.45, 2.75) is 26.0 Å². The van der Waals surface area contributed by atoms with E-state index in [4.69, 9.17) is 4.74 Å². The summed E-state index contributed by atoms with van der Waals surface area (Å²) in [6.45, 7) is 6.89. The molecule has 1 saturated heterocycles. The number of aryl methyl sites for hydroxylation is 1. The number of rotatable bonds is 5. The second-order valence-corrected chi connectivity index (χ2v) is 6.60. The third-order valence-corrected chi connectivity index (χ3v) is 5.01. The lowest BCUT2D eigenvalue weighted by Gasteiger charge is -2.18. The lowest BCUT2D eigenvalue weighted by Crippen LogP contribution is -2.43. The van der Waals surface area contributed by atoms with Crippen molar-refractivity contribution in [1.82, 2.24) is 10.2 Å². The number of likely N-dealkylation sites (tertiary alicyclic amines) is 1. The average molecular weight is 338 g/mol. The fourth-order valence-corrected chi connectivity index (χ4v) is 3.44. The molecule has 1 N–H and O–H groups in total. The van der Waals surface area contributed by atoms with E-state index in [1.807, 2.05) is 36.4 Å². The molecule has 2 aromatic rings. The van der Waals surface area contributed by atoms with E-state index in [0.29, 0.717) is 5.56 Å². The normalized spacial score (nSPS) is 20.6. The maximum absolute atomic E-state index is 12.6. The second kappa shape index (κ2) is 7.81. The van der Waals surface area contributed by atoms with Gasteiger partial charge in [-0.1, -0.05) is 43.3 Å². The van der Waals surface area contributed by atoms with Gasteiger partial charge < -0.3 is 10.1 Å². The number of benzene rings is 2. The number of nitrogens with zero attached hydrogens (tertiary/aromatic N) is 1. The average Bonchev–Trinajstić information content (AvgIpc) is 3.04. The minimum Gasteiger partial charge on any atom is -0.378 e. The minimum atomic E-state index is -0.0404. The second-order valence-electron chi connectivity index (χ2n) is 6.60. The summed E-state index contributed by atoms with van der Waals surface area (Å²) in [6, 6.07) is 16.1. The fraction of sp³-hybridized carbons (Fsp3) is 0.381. The van der Waals surface area contributed by atoms with Crippen LogP contribution in [0.3, 0.4) is 0 Å². The largest absolute Gasteiger partial charge is 0.378 e. The van der Waals surface area contributed by atoms with E-state index >= 15 is 0 Å². The third kappa shape index (κ3) is 3.91. The third-order valence-electron chi connectivity index (χ3n) is 5.01. The Balaban J connectivity index is 1.70. The maximum Gasteiger partial charge on any atom is 0.251 e. The van der Waals surface area contributed by atoms with Crippen LogP contribution in [-0.4, -0.2) is 49.7 Å². The lowest BCUT2D eigenvalue weighted by atomic mass is 9.99. The summed E-state index contributed by atoms with van der Waals surface area (Å²) < 4.78 is 5.53. The predicted molar refractivity (Wildman–Crippen MR) is 101 cm³/mol. The molecule has 1 heterocycles. The van der Waals surface area contributed by atoms with E-state index in [1.54, 1.807) is 7.11 Å². The van der Waals surface area contributed by atoms with Crippen LogP contribution in [0.5, 0.6) is 0 Å². The molecule has 0 radical (unpaired) electrons. The number of amides is 1. The van der Waals surface area contributed by atoms with E-state index < -0.39 is 0 Å². The monoisotopic (exact) mass is 338 g/mol. The van der Waals surface area contributed by atoms with Gasteiger partial charge in [-0.15, -0.1) is 0 Å². The number of nitrogens with one attached hydrogen (secondary N) is 1. The maximum atomic E-state index is 12.6. The molecule has 0 unspecified atom stereocenters. The zero-order valence-corrected chi connectivity index (χ0v) is 15.2. The first-order valence-corrected chi connectivity index (χ1v) is 8.84. The van der Waals surface area contributed by atoms with Crippen LogP contribution >= 0.6 is 0 Å². The molecule has 3 rings (SSSR count). The van der Waals surface area contributed by atoms with E-state index in [-0.39, 0.29) is 18.1 Å². The number of carbonyl (C=O) groups is 1. The molecule has 1 fully saturated rings. The summed E-state index contributed by atoms with van der Waals surface area (Å²) in [4.78, 5) is 14.9. The van der Waals surface area contributed by atoms with Gasteiger partial charge in [0.2, 0.25) is 0 Å². The highest BCUT2D eigenvalue weighted by Crippen LogP contribution is 2.23. The van der Waals surface area contributed by atoms with E-state index in [1.165, 1.54) is 11.1 Å². The molecule has 0 aromatic heterocycles.